The van der Waals surface area contributed by atoms with Gasteiger partial charge in [-0.25, -0.2) is 13.1 Å². The van der Waals surface area contributed by atoms with Crippen LogP contribution in [0.5, 0.6) is 0 Å². The van der Waals surface area contributed by atoms with Gasteiger partial charge in [-0.1, -0.05) is 54.6 Å². The van der Waals surface area contributed by atoms with E-state index in [2.05, 4.69) is 9.71 Å². The molecule has 25 heavy (non-hydrogen) atoms. The van der Waals surface area contributed by atoms with Gasteiger partial charge in [0.15, 0.2) is 0 Å². The van der Waals surface area contributed by atoms with Crippen LogP contribution >= 0.6 is 0 Å². The summed E-state index contributed by atoms with van der Waals surface area (Å²) in [4.78, 5) is 4.76. The van der Waals surface area contributed by atoms with Crippen LogP contribution in [0.4, 0.5) is 0 Å². The molecule has 4 nitrogen and oxygen atoms in total. The van der Waals surface area contributed by atoms with E-state index in [1.54, 1.807) is 30.3 Å². The van der Waals surface area contributed by atoms with Gasteiger partial charge < -0.3 is 0 Å². The fourth-order valence-corrected chi connectivity index (χ4v) is 3.94. The highest BCUT2D eigenvalue weighted by molar-refractivity contribution is 7.89. The molecular weight excluding hydrogens is 332 g/mol. The maximum absolute atomic E-state index is 12.7. The van der Waals surface area contributed by atoms with Gasteiger partial charge in [0, 0.05) is 17.8 Å². The second-order valence-electron chi connectivity index (χ2n) is 5.87. The quantitative estimate of drug-likeness (QED) is 0.737. The number of hydrogen-bond donors (Lipinski definition) is 1. The van der Waals surface area contributed by atoms with Crippen molar-refractivity contribution in [3.63, 3.8) is 0 Å². The van der Waals surface area contributed by atoms with Crippen LogP contribution in [-0.2, 0) is 16.4 Å². The number of rotatable bonds is 6. The van der Waals surface area contributed by atoms with E-state index in [0.717, 1.165) is 17.0 Å². The van der Waals surface area contributed by atoms with Crippen molar-refractivity contribution < 1.29 is 8.42 Å². The van der Waals surface area contributed by atoms with Crippen LogP contribution in [0.3, 0.4) is 0 Å². The molecular formula is C20H20N2O2S. The molecule has 0 amide bonds. The minimum atomic E-state index is -3.62. The van der Waals surface area contributed by atoms with E-state index in [1.165, 1.54) is 0 Å². The SMILES string of the molecule is Cc1cccc(CC(NS(=O)(=O)c2ccccc2)c2ccccc2)n1. The lowest BCUT2D eigenvalue weighted by Crippen LogP contribution is -2.30. The molecule has 1 heterocycles. The molecule has 1 aromatic heterocycles. The summed E-state index contributed by atoms with van der Waals surface area (Å²) < 4.78 is 28.3. The van der Waals surface area contributed by atoms with Gasteiger partial charge in [-0.3, -0.25) is 4.98 Å². The average molecular weight is 352 g/mol. The molecule has 0 aliphatic heterocycles. The number of pyridine rings is 1. The summed E-state index contributed by atoms with van der Waals surface area (Å²) in [5, 5.41) is 0. The molecule has 5 heteroatoms. The standard InChI is InChI=1S/C20H20N2O2S/c1-16-9-8-12-18(21-16)15-20(17-10-4-2-5-11-17)22-25(23,24)19-13-6-3-7-14-19/h2-14,20,22H,15H2,1H3. The molecule has 0 aliphatic rings. The van der Waals surface area contributed by atoms with Crippen molar-refractivity contribution in [1.82, 2.24) is 9.71 Å². The first-order valence-corrected chi connectivity index (χ1v) is 9.58. The Bertz CT molecular complexity index is 926. The van der Waals surface area contributed by atoms with Crippen molar-refractivity contribution >= 4 is 10.0 Å². The molecule has 0 bridgehead atoms. The van der Waals surface area contributed by atoms with E-state index in [-0.39, 0.29) is 10.9 Å². The van der Waals surface area contributed by atoms with Crippen LogP contribution < -0.4 is 4.72 Å². The van der Waals surface area contributed by atoms with Gasteiger partial charge >= 0.3 is 0 Å². The highest BCUT2D eigenvalue weighted by Crippen LogP contribution is 2.21. The van der Waals surface area contributed by atoms with Crippen LogP contribution in [-0.4, -0.2) is 13.4 Å². The molecule has 0 fully saturated rings. The van der Waals surface area contributed by atoms with Gasteiger partial charge in [0.25, 0.3) is 0 Å². The maximum atomic E-state index is 12.7. The number of hydrogen-bond acceptors (Lipinski definition) is 3. The zero-order chi connectivity index (χ0) is 17.7. The minimum Gasteiger partial charge on any atom is -0.258 e. The fraction of sp³-hybridized carbons (Fsp3) is 0.150. The van der Waals surface area contributed by atoms with Crippen molar-refractivity contribution in [3.8, 4) is 0 Å². The predicted octanol–water partition coefficient (Wildman–Crippen LogP) is 3.65. The van der Waals surface area contributed by atoms with Crippen LogP contribution in [0.2, 0.25) is 0 Å². The first-order chi connectivity index (χ1) is 12.0. The van der Waals surface area contributed by atoms with Gasteiger partial charge in [-0.2, -0.15) is 0 Å². The maximum Gasteiger partial charge on any atom is 0.241 e. The summed E-state index contributed by atoms with van der Waals surface area (Å²) in [6, 6.07) is 23.4. The number of aryl methyl sites for hydroxylation is 1. The lowest BCUT2D eigenvalue weighted by Gasteiger charge is -2.19. The number of sulfonamides is 1. The highest BCUT2D eigenvalue weighted by Gasteiger charge is 2.22. The molecule has 0 spiro atoms. The third-order valence-corrected chi connectivity index (χ3v) is 5.40. The van der Waals surface area contributed by atoms with Gasteiger partial charge in [0.1, 0.15) is 0 Å². The van der Waals surface area contributed by atoms with Crippen LogP contribution in [0.25, 0.3) is 0 Å². The monoisotopic (exact) mass is 352 g/mol. The van der Waals surface area contributed by atoms with Crippen molar-refractivity contribution in [2.45, 2.75) is 24.3 Å². The van der Waals surface area contributed by atoms with Gasteiger partial charge in [0.05, 0.1) is 10.9 Å². The summed E-state index contributed by atoms with van der Waals surface area (Å²) in [6.07, 6.45) is 0.484. The summed E-state index contributed by atoms with van der Waals surface area (Å²) in [6.45, 7) is 1.93. The van der Waals surface area contributed by atoms with Crippen LogP contribution in [0.1, 0.15) is 23.0 Å². The van der Waals surface area contributed by atoms with Crippen LogP contribution in [0.15, 0.2) is 83.8 Å². The number of nitrogens with zero attached hydrogens (tertiary/aromatic N) is 1. The fourth-order valence-electron chi connectivity index (χ4n) is 2.69. The second-order valence-corrected chi connectivity index (χ2v) is 7.59. The third kappa shape index (κ3) is 4.53. The summed E-state index contributed by atoms with van der Waals surface area (Å²) in [7, 11) is -3.62. The van der Waals surface area contributed by atoms with Crippen molar-refractivity contribution in [1.29, 1.82) is 0 Å². The molecule has 0 aliphatic carbocycles. The van der Waals surface area contributed by atoms with E-state index in [4.69, 9.17) is 0 Å². The third-order valence-electron chi connectivity index (χ3n) is 3.91. The van der Waals surface area contributed by atoms with Crippen molar-refractivity contribution in [2.24, 2.45) is 0 Å². The van der Waals surface area contributed by atoms with E-state index in [0.29, 0.717) is 6.42 Å². The molecule has 1 N–H and O–H groups in total. The van der Waals surface area contributed by atoms with Crippen molar-refractivity contribution in [3.05, 3.63) is 95.8 Å². The molecule has 0 radical (unpaired) electrons. The van der Waals surface area contributed by atoms with E-state index < -0.39 is 10.0 Å². The van der Waals surface area contributed by atoms with Crippen LogP contribution in [0, 0.1) is 6.92 Å². The Morgan fingerprint density at radius 3 is 2.16 bits per heavy atom. The molecule has 2 aromatic carbocycles. The molecule has 1 unspecified atom stereocenters. The Morgan fingerprint density at radius 2 is 1.52 bits per heavy atom. The summed E-state index contributed by atoms with van der Waals surface area (Å²) in [5.41, 5.74) is 2.67. The first kappa shape index (κ1) is 17.3. The smallest absolute Gasteiger partial charge is 0.241 e. The van der Waals surface area contributed by atoms with Gasteiger partial charge in [-0.15, -0.1) is 0 Å². The molecule has 0 saturated heterocycles. The number of benzene rings is 2. The Morgan fingerprint density at radius 1 is 0.880 bits per heavy atom. The Balaban J connectivity index is 1.92. The number of aromatic nitrogens is 1. The van der Waals surface area contributed by atoms with E-state index in [1.807, 2.05) is 55.5 Å². The molecule has 3 rings (SSSR count). The topological polar surface area (TPSA) is 59.1 Å². The second kappa shape index (κ2) is 7.59. The first-order valence-electron chi connectivity index (χ1n) is 8.09. The summed E-state index contributed by atoms with van der Waals surface area (Å²) >= 11 is 0. The Labute approximate surface area is 148 Å². The molecule has 3 aromatic rings. The largest absolute Gasteiger partial charge is 0.258 e. The lowest BCUT2D eigenvalue weighted by molar-refractivity contribution is 0.552. The van der Waals surface area contributed by atoms with E-state index >= 15 is 0 Å². The predicted molar refractivity (Wildman–Crippen MR) is 98.6 cm³/mol. The normalized spacial score (nSPS) is 12.7. The molecule has 1 atom stereocenters. The molecule has 128 valence electrons. The van der Waals surface area contributed by atoms with E-state index in [9.17, 15) is 8.42 Å². The lowest BCUT2D eigenvalue weighted by atomic mass is 10.0. The molecule has 0 saturated carbocycles. The Kier molecular flexibility index (Phi) is 5.26. The highest BCUT2D eigenvalue weighted by atomic mass is 32.2. The zero-order valence-corrected chi connectivity index (χ0v) is 14.8. The number of nitrogens with one attached hydrogen (secondary N) is 1. The van der Waals surface area contributed by atoms with Gasteiger partial charge in [-0.05, 0) is 36.8 Å². The zero-order valence-electron chi connectivity index (χ0n) is 14.0. The average Bonchev–Trinajstić information content (AvgIpc) is 2.63. The Hall–Kier alpha value is -2.50. The van der Waals surface area contributed by atoms with Gasteiger partial charge in [0.2, 0.25) is 10.0 Å². The summed E-state index contributed by atoms with van der Waals surface area (Å²) in [5.74, 6) is 0. The van der Waals surface area contributed by atoms with Crippen molar-refractivity contribution in [2.75, 3.05) is 0 Å². The minimum absolute atomic E-state index is 0.258.